The largest absolute Gasteiger partial charge is 0.573 e. The minimum atomic E-state index is -4.86. The Hall–Kier alpha value is -3.71. The molecule has 0 aliphatic carbocycles. The zero-order valence-electron chi connectivity index (χ0n) is 21.4. The summed E-state index contributed by atoms with van der Waals surface area (Å²) in [6.07, 6.45) is -3.18. The number of carbonyl (C=O) groups excluding carboxylic acids is 2. The van der Waals surface area contributed by atoms with Gasteiger partial charge >= 0.3 is 6.36 Å². The average molecular weight is 565 g/mol. The monoisotopic (exact) mass is 564 g/mol. The predicted octanol–water partition coefficient (Wildman–Crippen LogP) is 3.59. The second-order valence-corrected chi connectivity index (χ2v) is 11.2. The molecule has 13 heteroatoms. The Kier molecular flexibility index (Phi) is 7.59. The molecule has 39 heavy (non-hydrogen) atoms. The van der Waals surface area contributed by atoms with Crippen molar-refractivity contribution in [1.29, 1.82) is 0 Å². The molecule has 1 N–H and O–H groups in total. The maximum Gasteiger partial charge on any atom is 0.573 e. The Bertz CT molecular complexity index is 1460. The number of anilines is 1. The number of alkyl halides is 3. The predicted molar refractivity (Wildman–Crippen MR) is 140 cm³/mol. The number of sulfonamides is 1. The Balaban J connectivity index is 1.48. The molecule has 0 unspecified atom stereocenters. The van der Waals surface area contributed by atoms with Crippen LogP contribution < -0.4 is 15.0 Å². The average Bonchev–Trinajstić information content (AvgIpc) is 3.17. The van der Waals surface area contributed by atoms with Gasteiger partial charge in [0.2, 0.25) is 15.9 Å². The first-order valence-electron chi connectivity index (χ1n) is 12.0. The summed E-state index contributed by atoms with van der Waals surface area (Å²) in [5.41, 5.74) is 1.08. The normalized spacial score (nSPS) is 17.8. The van der Waals surface area contributed by atoms with E-state index in [0.717, 1.165) is 23.1 Å². The van der Waals surface area contributed by atoms with Crippen molar-refractivity contribution in [3.63, 3.8) is 0 Å². The lowest BCUT2D eigenvalue weighted by atomic mass is 9.89. The molecule has 0 atom stereocenters. The molecule has 2 aromatic carbocycles. The summed E-state index contributed by atoms with van der Waals surface area (Å²) in [6.45, 7) is 3.29. The van der Waals surface area contributed by atoms with Gasteiger partial charge in [-0.15, -0.1) is 13.2 Å². The van der Waals surface area contributed by atoms with Crippen molar-refractivity contribution in [2.24, 2.45) is 4.99 Å². The molecular weight excluding hydrogens is 537 g/mol. The molecule has 0 bridgehead atoms. The van der Waals surface area contributed by atoms with Crippen LogP contribution in [0.5, 0.6) is 5.75 Å². The number of piperidine rings is 1. The van der Waals surface area contributed by atoms with Crippen LogP contribution in [0, 0.1) is 6.92 Å². The summed E-state index contributed by atoms with van der Waals surface area (Å²) in [5.74, 6) is -0.929. The standard InChI is InChI=1S/C26H27F3N4O5S/c1-17-19(6-5-9-22(17)32(3)18(2)34)10-15-39(36,37)33-13-11-25(12-14-33)24(35)30-23(31-25)20-7-4-8-21(16-20)38-26(27,28)29/h4-10,15-16H,11-14H2,1-3H3,(H,30,31,35)/b15-10+. The summed E-state index contributed by atoms with van der Waals surface area (Å²) in [6, 6.07) is 10.4. The molecule has 2 aliphatic rings. The van der Waals surface area contributed by atoms with Crippen LogP contribution in [0.1, 0.15) is 36.5 Å². The number of amidine groups is 1. The maximum absolute atomic E-state index is 13.1. The van der Waals surface area contributed by atoms with Crippen LogP contribution >= 0.6 is 0 Å². The van der Waals surface area contributed by atoms with Crippen LogP contribution in [0.25, 0.3) is 6.08 Å². The minimum absolute atomic E-state index is 0.0280. The van der Waals surface area contributed by atoms with E-state index in [1.807, 2.05) is 0 Å². The van der Waals surface area contributed by atoms with Gasteiger partial charge in [-0.25, -0.2) is 8.42 Å². The number of halogens is 3. The molecule has 1 saturated heterocycles. The Morgan fingerprint density at radius 3 is 2.49 bits per heavy atom. The maximum atomic E-state index is 13.1. The van der Waals surface area contributed by atoms with E-state index in [0.29, 0.717) is 11.3 Å². The van der Waals surface area contributed by atoms with Crippen LogP contribution in [0.4, 0.5) is 18.9 Å². The van der Waals surface area contributed by atoms with Crippen molar-refractivity contribution in [2.45, 2.75) is 38.6 Å². The van der Waals surface area contributed by atoms with E-state index in [9.17, 15) is 31.2 Å². The minimum Gasteiger partial charge on any atom is -0.406 e. The van der Waals surface area contributed by atoms with E-state index < -0.39 is 33.6 Å². The topological polar surface area (TPSA) is 108 Å². The first-order chi connectivity index (χ1) is 18.2. The van der Waals surface area contributed by atoms with E-state index in [-0.39, 0.29) is 43.2 Å². The molecule has 9 nitrogen and oxygen atoms in total. The third-order valence-electron chi connectivity index (χ3n) is 6.83. The van der Waals surface area contributed by atoms with E-state index in [1.165, 1.54) is 34.3 Å². The SMILES string of the molecule is CC(=O)N(C)c1cccc(/C=C/S(=O)(=O)N2CCC3(CC2)N=C(c2cccc(OC(F)(F)F)c2)NC3=O)c1C. The number of rotatable bonds is 6. The van der Waals surface area contributed by atoms with E-state index in [2.05, 4.69) is 15.0 Å². The number of nitrogens with one attached hydrogen (secondary N) is 1. The van der Waals surface area contributed by atoms with Crippen LogP contribution in [0.3, 0.4) is 0 Å². The second-order valence-electron chi connectivity index (χ2n) is 9.34. The molecule has 1 spiro atoms. The highest BCUT2D eigenvalue weighted by Crippen LogP contribution is 2.33. The van der Waals surface area contributed by atoms with Crippen molar-refractivity contribution in [1.82, 2.24) is 9.62 Å². The molecule has 2 aromatic rings. The smallest absolute Gasteiger partial charge is 0.406 e. The van der Waals surface area contributed by atoms with Crippen molar-refractivity contribution < 1.29 is 35.9 Å². The first-order valence-corrected chi connectivity index (χ1v) is 13.5. The molecule has 0 saturated carbocycles. The number of hydrogen-bond acceptors (Lipinski definition) is 6. The second kappa shape index (κ2) is 10.5. The van der Waals surface area contributed by atoms with Crippen LogP contribution in [0.15, 0.2) is 52.9 Å². The van der Waals surface area contributed by atoms with E-state index >= 15 is 0 Å². The molecule has 2 amide bonds. The van der Waals surface area contributed by atoms with Crippen molar-refractivity contribution in [3.05, 3.63) is 64.6 Å². The molecule has 0 aromatic heterocycles. The molecule has 2 heterocycles. The fraction of sp³-hybridized carbons (Fsp3) is 0.346. The van der Waals surface area contributed by atoms with Gasteiger partial charge in [-0.2, -0.15) is 4.31 Å². The summed E-state index contributed by atoms with van der Waals surface area (Å²) in [7, 11) is -2.19. The third kappa shape index (κ3) is 6.14. The molecule has 2 aliphatic heterocycles. The van der Waals surface area contributed by atoms with Crippen LogP contribution in [0.2, 0.25) is 0 Å². The third-order valence-corrected chi connectivity index (χ3v) is 8.40. The highest BCUT2D eigenvalue weighted by molar-refractivity contribution is 7.92. The lowest BCUT2D eigenvalue weighted by molar-refractivity contribution is -0.274. The molecule has 1 fully saturated rings. The van der Waals surface area contributed by atoms with Gasteiger partial charge < -0.3 is 15.0 Å². The fourth-order valence-corrected chi connectivity index (χ4v) is 5.73. The quantitative estimate of drug-likeness (QED) is 0.577. The van der Waals surface area contributed by atoms with Gasteiger partial charge in [0, 0.05) is 43.7 Å². The van der Waals surface area contributed by atoms with Gasteiger partial charge in [0.25, 0.3) is 5.91 Å². The van der Waals surface area contributed by atoms with Gasteiger partial charge in [0.05, 0.1) is 0 Å². The molecule has 208 valence electrons. The summed E-state index contributed by atoms with van der Waals surface area (Å²) in [4.78, 5) is 30.5. The zero-order valence-corrected chi connectivity index (χ0v) is 22.3. The van der Waals surface area contributed by atoms with E-state index in [4.69, 9.17) is 0 Å². The number of hydrogen-bond donors (Lipinski definition) is 1. The lowest BCUT2D eigenvalue weighted by Crippen LogP contribution is -2.50. The van der Waals surface area contributed by atoms with Gasteiger partial charge in [0.15, 0.2) is 0 Å². The van der Waals surface area contributed by atoms with Crippen molar-refractivity contribution in [2.75, 3.05) is 25.0 Å². The van der Waals surface area contributed by atoms with E-state index in [1.54, 1.807) is 32.2 Å². The molecule has 0 radical (unpaired) electrons. The number of benzene rings is 2. The zero-order chi connectivity index (χ0) is 28.6. The number of carbonyl (C=O) groups is 2. The lowest BCUT2D eigenvalue weighted by Gasteiger charge is -2.34. The molecule has 4 rings (SSSR count). The Morgan fingerprint density at radius 1 is 1.18 bits per heavy atom. The van der Waals surface area contributed by atoms with Gasteiger partial charge in [-0.3, -0.25) is 14.6 Å². The summed E-state index contributed by atoms with van der Waals surface area (Å²) in [5, 5.41) is 3.71. The fourth-order valence-electron chi connectivity index (χ4n) is 4.54. The summed E-state index contributed by atoms with van der Waals surface area (Å²) < 4.78 is 69.1. The van der Waals surface area contributed by atoms with Crippen molar-refractivity contribution in [3.8, 4) is 5.75 Å². The van der Waals surface area contributed by atoms with Crippen molar-refractivity contribution >= 4 is 39.4 Å². The van der Waals surface area contributed by atoms with Gasteiger partial charge in [-0.05, 0) is 55.2 Å². The first kappa shape index (κ1) is 28.3. The number of nitrogens with zero attached hydrogens (tertiary/aromatic N) is 3. The number of amides is 2. The highest BCUT2D eigenvalue weighted by atomic mass is 32.2. The summed E-state index contributed by atoms with van der Waals surface area (Å²) >= 11 is 0. The Morgan fingerprint density at radius 2 is 1.85 bits per heavy atom. The number of aliphatic imine (C=N–C) groups is 1. The van der Waals surface area contributed by atoms with Gasteiger partial charge in [0.1, 0.15) is 17.1 Å². The number of ether oxygens (including phenoxy) is 1. The Labute approximate surface area is 224 Å². The highest BCUT2D eigenvalue weighted by Gasteiger charge is 2.47. The molecular formula is C26H27F3N4O5S. The van der Waals surface area contributed by atoms with Gasteiger partial charge in [-0.1, -0.05) is 24.3 Å². The van der Waals surface area contributed by atoms with Crippen LogP contribution in [-0.2, 0) is 19.6 Å². The van der Waals surface area contributed by atoms with Crippen LogP contribution in [-0.4, -0.2) is 62.4 Å².